The molecule has 81 heavy (non-hydrogen) atoms. The fourth-order valence-electron chi connectivity index (χ4n) is 11.3. The van der Waals surface area contributed by atoms with E-state index in [0.29, 0.717) is 38.5 Å². The number of unbranched alkanes of at least 4 members (excludes halogenated alkanes) is 48. The van der Waals surface area contributed by atoms with E-state index in [1.807, 2.05) is 0 Å². The van der Waals surface area contributed by atoms with Crippen LogP contribution >= 0.6 is 0 Å². The summed E-state index contributed by atoms with van der Waals surface area (Å²) in [5.41, 5.74) is 0. The Balaban J connectivity index is -0.00000148. The number of carbonyl (C=O) groups is 4. The van der Waals surface area contributed by atoms with Crippen molar-refractivity contribution in [3.63, 3.8) is 0 Å². The fraction of sp³-hybridized carbons (Fsp3) is 0.944. The van der Waals surface area contributed by atoms with Gasteiger partial charge in [-0.15, -0.1) is 0 Å². The van der Waals surface area contributed by atoms with Gasteiger partial charge in [-0.05, 0) is 77.0 Å². The summed E-state index contributed by atoms with van der Waals surface area (Å²) < 4.78 is 11.6. The van der Waals surface area contributed by atoms with E-state index in [9.17, 15) is 29.4 Å². The Kier molecular flexibility index (Phi) is 76.4. The van der Waals surface area contributed by atoms with Crippen LogP contribution in [-0.2, 0) is 28.7 Å². The van der Waals surface area contributed by atoms with Crippen molar-refractivity contribution in [2.24, 2.45) is 0 Å². The monoisotopic (exact) mass is 1170 g/mol. The average molecular weight is 1170 g/mol. The van der Waals surface area contributed by atoms with E-state index in [-0.39, 0.29) is 74.7 Å². The van der Waals surface area contributed by atoms with Crippen LogP contribution in [0.3, 0.4) is 0 Å². The zero-order chi connectivity index (χ0) is 58.7. The maximum Gasteiger partial charge on any atom is 2.00 e. The Morgan fingerprint density at radius 1 is 0.235 bits per heavy atom. The summed E-state index contributed by atoms with van der Waals surface area (Å²) in [6.45, 7) is 9.07. The molecule has 0 amide bonds. The minimum atomic E-state index is -1.02. The molecule has 0 aromatic heterocycles. The molecule has 0 aromatic carbocycles. The van der Waals surface area contributed by atoms with Gasteiger partial charge in [0.05, 0.1) is 0 Å². The van der Waals surface area contributed by atoms with Gasteiger partial charge >= 0.3 is 49.7 Å². The molecule has 476 valence electrons. The SMILES string of the molecule is CCCCCCCCCCCCCCCCCC(=O)OC(CCCCCCCCCCCCC)CCCC(=O)[O-].CCCCCCCCCCCCCCCCCC(=O)OC(CCCCCCCCCCCCC)CCCC(=O)[O-].[Ca+2]. The molecular formula is C72H138CaO8. The van der Waals surface area contributed by atoms with Crippen molar-refractivity contribution in [1.29, 1.82) is 0 Å². The molecule has 0 fully saturated rings. The van der Waals surface area contributed by atoms with Crippen LogP contribution in [0.1, 0.15) is 426 Å². The summed E-state index contributed by atoms with van der Waals surface area (Å²) in [5.74, 6) is -2.23. The molecule has 0 saturated heterocycles. The molecule has 0 saturated carbocycles. The first kappa shape index (κ1) is 84.3. The third-order valence-corrected chi connectivity index (χ3v) is 16.6. The predicted octanol–water partition coefficient (Wildman–Crippen LogP) is 21.2. The molecule has 0 aliphatic rings. The molecule has 2 unspecified atom stereocenters. The number of aliphatic carboxylic acids is 2. The van der Waals surface area contributed by atoms with E-state index >= 15 is 0 Å². The Morgan fingerprint density at radius 2 is 0.395 bits per heavy atom. The van der Waals surface area contributed by atoms with Gasteiger partial charge in [0.15, 0.2) is 0 Å². The molecule has 0 N–H and O–H groups in total. The van der Waals surface area contributed by atoms with Crippen molar-refractivity contribution < 1.29 is 38.9 Å². The Morgan fingerprint density at radius 3 is 0.580 bits per heavy atom. The summed E-state index contributed by atoms with van der Waals surface area (Å²) in [6, 6.07) is 0. The second-order valence-electron chi connectivity index (χ2n) is 24.8. The second-order valence-corrected chi connectivity index (χ2v) is 24.8. The van der Waals surface area contributed by atoms with Gasteiger partial charge in [-0.25, -0.2) is 0 Å². The molecule has 0 spiro atoms. The number of carbonyl (C=O) groups excluding carboxylic acids is 4. The largest absolute Gasteiger partial charge is 2.00 e. The zero-order valence-corrected chi connectivity index (χ0v) is 57.2. The van der Waals surface area contributed by atoms with Gasteiger partial charge in [-0.3, -0.25) is 9.59 Å². The van der Waals surface area contributed by atoms with Crippen molar-refractivity contribution in [1.82, 2.24) is 0 Å². The predicted molar refractivity (Wildman–Crippen MR) is 344 cm³/mol. The maximum absolute atomic E-state index is 12.4. The average Bonchev–Trinajstić information content (AvgIpc) is 3.43. The summed E-state index contributed by atoms with van der Waals surface area (Å²) in [4.78, 5) is 46.5. The molecule has 0 heterocycles. The number of hydrogen-bond acceptors (Lipinski definition) is 8. The number of rotatable bonds is 66. The van der Waals surface area contributed by atoms with E-state index in [1.54, 1.807) is 0 Å². The van der Waals surface area contributed by atoms with Crippen molar-refractivity contribution in [3.8, 4) is 0 Å². The van der Waals surface area contributed by atoms with Crippen LogP contribution in [-0.4, -0.2) is 73.8 Å². The van der Waals surface area contributed by atoms with E-state index < -0.39 is 11.9 Å². The summed E-state index contributed by atoms with van der Waals surface area (Å²) >= 11 is 0. The van der Waals surface area contributed by atoms with Crippen LogP contribution in [0.15, 0.2) is 0 Å². The smallest absolute Gasteiger partial charge is 0.550 e. The maximum atomic E-state index is 12.4. The molecule has 2 atom stereocenters. The van der Waals surface area contributed by atoms with Crippen molar-refractivity contribution in [2.45, 2.75) is 438 Å². The molecule has 9 heteroatoms. The van der Waals surface area contributed by atoms with Crippen molar-refractivity contribution in [3.05, 3.63) is 0 Å². The minimum absolute atomic E-state index is 0. The number of esters is 2. The number of carboxylic acid groups (broad SMARTS) is 2. The molecule has 0 aliphatic heterocycles. The summed E-state index contributed by atoms with van der Waals surface area (Å²) in [7, 11) is 0. The van der Waals surface area contributed by atoms with Gasteiger partial charge < -0.3 is 29.3 Å². The summed E-state index contributed by atoms with van der Waals surface area (Å²) in [6.07, 6.45) is 72.8. The Bertz CT molecular complexity index is 1170. The first-order chi connectivity index (χ1) is 39.2. The zero-order valence-electron chi connectivity index (χ0n) is 55.0. The minimum Gasteiger partial charge on any atom is -0.550 e. The number of hydrogen-bond donors (Lipinski definition) is 0. The van der Waals surface area contributed by atoms with Gasteiger partial charge in [0.1, 0.15) is 12.2 Å². The normalized spacial score (nSPS) is 11.9. The standard InChI is InChI=1S/2C36H70O4.Ca/c2*1-3-5-7-9-11-13-15-16-17-18-20-22-24-26-28-33-36(39)40-34(31-29-32-35(37)38)30-27-25-23-21-19-14-12-10-8-6-4-2;/h2*34H,3-33H2,1-2H3,(H,37,38);/q;;+2/p-2. The van der Waals surface area contributed by atoms with Crippen LogP contribution in [0.2, 0.25) is 0 Å². The molecular weight excluding hydrogens is 1030 g/mol. The van der Waals surface area contributed by atoms with Crippen molar-refractivity contribution >= 4 is 61.6 Å². The van der Waals surface area contributed by atoms with Gasteiger partial charge in [0, 0.05) is 24.8 Å². The van der Waals surface area contributed by atoms with E-state index in [4.69, 9.17) is 9.47 Å². The van der Waals surface area contributed by atoms with Crippen molar-refractivity contribution in [2.75, 3.05) is 0 Å². The van der Waals surface area contributed by atoms with Crippen LogP contribution in [0, 0.1) is 0 Å². The first-order valence-electron chi connectivity index (χ1n) is 36.0. The van der Waals surface area contributed by atoms with E-state index in [0.717, 1.165) is 51.4 Å². The molecule has 8 nitrogen and oxygen atoms in total. The van der Waals surface area contributed by atoms with Crippen LogP contribution in [0.4, 0.5) is 0 Å². The quantitative estimate of drug-likeness (QED) is 0.0334. The molecule has 0 rings (SSSR count). The van der Waals surface area contributed by atoms with Gasteiger partial charge in [-0.2, -0.15) is 0 Å². The van der Waals surface area contributed by atoms with Gasteiger partial charge in [0.2, 0.25) is 0 Å². The Labute approximate surface area is 534 Å². The third-order valence-electron chi connectivity index (χ3n) is 16.6. The molecule has 0 radical (unpaired) electrons. The van der Waals surface area contributed by atoms with E-state index in [2.05, 4.69) is 27.7 Å². The number of carboxylic acids is 2. The van der Waals surface area contributed by atoms with Gasteiger partial charge in [0.25, 0.3) is 0 Å². The molecule has 0 aliphatic carbocycles. The van der Waals surface area contributed by atoms with Crippen LogP contribution in [0.5, 0.6) is 0 Å². The molecule has 0 aromatic rings. The van der Waals surface area contributed by atoms with Crippen LogP contribution in [0.25, 0.3) is 0 Å². The first-order valence-corrected chi connectivity index (χ1v) is 36.0. The topological polar surface area (TPSA) is 133 Å². The van der Waals surface area contributed by atoms with E-state index in [1.165, 1.54) is 295 Å². The summed E-state index contributed by atoms with van der Waals surface area (Å²) in [5, 5.41) is 21.6. The Hall–Kier alpha value is -0.860. The second kappa shape index (κ2) is 73.4. The van der Waals surface area contributed by atoms with Gasteiger partial charge in [-0.1, -0.05) is 336 Å². The fourth-order valence-corrected chi connectivity index (χ4v) is 11.3. The third kappa shape index (κ3) is 75.2. The van der Waals surface area contributed by atoms with Crippen LogP contribution < -0.4 is 10.2 Å². The molecule has 0 bridgehead atoms. The number of ether oxygens (including phenoxy) is 2.